The molecular formula is C16H17N3O4S. The second-order valence-electron chi connectivity index (χ2n) is 5.46. The minimum absolute atomic E-state index is 0.0677. The van der Waals surface area contributed by atoms with E-state index >= 15 is 0 Å². The number of aromatic amines is 2. The topological polar surface area (TPSA) is 104 Å². The van der Waals surface area contributed by atoms with Crippen molar-refractivity contribution in [2.24, 2.45) is 0 Å². The quantitative estimate of drug-likeness (QED) is 0.673. The lowest BCUT2D eigenvalue weighted by molar-refractivity contribution is 0.411. The van der Waals surface area contributed by atoms with E-state index in [4.69, 9.17) is 4.74 Å². The fraction of sp³-hybridized carbons (Fsp3) is 0.188. The van der Waals surface area contributed by atoms with Crippen molar-refractivity contribution in [2.45, 2.75) is 18.7 Å². The Hall–Kier alpha value is -2.74. The fourth-order valence-corrected chi connectivity index (χ4v) is 3.66. The molecular weight excluding hydrogens is 330 g/mol. The van der Waals surface area contributed by atoms with Gasteiger partial charge < -0.3 is 14.7 Å². The molecule has 7 nitrogen and oxygen atoms in total. The summed E-state index contributed by atoms with van der Waals surface area (Å²) in [4.78, 5) is 16.5. The number of aromatic nitrogens is 2. The van der Waals surface area contributed by atoms with Crippen LogP contribution < -0.4 is 15.1 Å². The van der Waals surface area contributed by atoms with Gasteiger partial charge in [0, 0.05) is 0 Å². The Kier molecular flexibility index (Phi) is 3.84. The number of H-pyrrole nitrogens is 2. The summed E-state index contributed by atoms with van der Waals surface area (Å²) in [7, 11) is -2.21. The van der Waals surface area contributed by atoms with Crippen LogP contribution in [0, 0.1) is 13.8 Å². The molecule has 0 saturated carbocycles. The predicted molar refractivity (Wildman–Crippen MR) is 92.2 cm³/mol. The number of anilines is 1. The zero-order chi connectivity index (χ0) is 17.5. The maximum absolute atomic E-state index is 12.6. The van der Waals surface area contributed by atoms with Crippen molar-refractivity contribution < 1.29 is 13.2 Å². The minimum Gasteiger partial charge on any atom is -0.496 e. The van der Waals surface area contributed by atoms with Gasteiger partial charge in [-0.1, -0.05) is 0 Å². The molecule has 3 aromatic rings. The standard InChI is InChI=1S/C16H17N3O4S/c1-9-10(2)15(23-3)7-6-12(9)19-24(21,22)11-4-5-13-14(8-11)18-16(20)17-13/h4-8,19H,1-3H3,(H2,17,18,20). The van der Waals surface area contributed by atoms with E-state index in [0.717, 1.165) is 11.1 Å². The van der Waals surface area contributed by atoms with Gasteiger partial charge in [0.05, 0.1) is 28.7 Å². The first-order chi connectivity index (χ1) is 11.3. The number of methoxy groups -OCH3 is 1. The molecule has 126 valence electrons. The molecule has 0 radical (unpaired) electrons. The van der Waals surface area contributed by atoms with E-state index < -0.39 is 10.0 Å². The van der Waals surface area contributed by atoms with E-state index in [2.05, 4.69) is 14.7 Å². The van der Waals surface area contributed by atoms with Crippen molar-refractivity contribution in [1.82, 2.24) is 9.97 Å². The molecule has 8 heteroatoms. The van der Waals surface area contributed by atoms with Gasteiger partial charge >= 0.3 is 5.69 Å². The van der Waals surface area contributed by atoms with Crippen molar-refractivity contribution >= 4 is 26.7 Å². The van der Waals surface area contributed by atoms with E-state index in [1.54, 1.807) is 25.3 Å². The zero-order valence-electron chi connectivity index (χ0n) is 13.4. The average Bonchev–Trinajstić information content (AvgIpc) is 2.91. The van der Waals surface area contributed by atoms with Crippen molar-refractivity contribution in [3.8, 4) is 5.75 Å². The number of sulfonamides is 1. The Labute approximate surface area is 138 Å². The number of ether oxygens (including phenoxy) is 1. The molecule has 0 aliphatic carbocycles. The van der Waals surface area contributed by atoms with Gasteiger partial charge in [0.2, 0.25) is 0 Å². The van der Waals surface area contributed by atoms with Crippen LogP contribution in [0.4, 0.5) is 5.69 Å². The first-order valence-corrected chi connectivity index (χ1v) is 8.69. The first-order valence-electron chi connectivity index (χ1n) is 7.21. The van der Waals surface area contributed by atoms with Crippen molar-refractivity contribution in [3.05, 3.63) is 51.9 Å². The third-order valence-electron chi connectivity index (χ3n) is 4.00. The molecule has 0 aliphatic rings. The molecule has 3 N–H and O–H groups in total. The van der Waals surface area contributed by atoms with Gasteiger partial charge in [-0.05, 0) is 55.3 Å². The second kappa shape index (κ2) is 5.72. The highest BCUT2D eigenvalue weighted by atomic mass is 32.2. The largest absolute Gasteiger partial charge is 0.496 e. The molecule has 3 rings (SSSR count). The summed E-state index contributed by atoms with van der Waals surface area (Å²) in [5.74, 6) is 0.696. The number of hydrogen-bond acceptors (Lipinski definition) is 4. The van der Waals surface area contributed by atoms with Crippen molar-refractivity contribution in [3.63, 3.8) is 0 Å². The molecule has 1 heterocycles. The molecule has 24 heavy (non-hydrogen) atoms. The third kappa shape index (κ3) is 2.76. The SMILES string of the molecule is COc1ccc(NS(=O)(=O)c2ccc3[nH]c(=O)[nH]c3c2)c(C)c1C. The normalized spacial score (nSPS) is 11.6. The number of nitrogens with one attached hydrogen (secondary N) is 3. The van der Waals surface area contributed by atoms with E-state index in [1.807, 2.05) is 13.8 Å². The van der Waals surface area contributed by atoms with Crippen LogP contribution in [0.5, 0.6) is 5.75 Å². The van der Waals surface area contributed by atoms with Crippen molar-refractivity contribution in [1.29, 1.82) is 0 Å². The summed E-state index contributed by atoms with van der Waals surface area (Å²) in [5.41, 5.74) is 2.74. The summed E-state index contributed by atoms with van der Waals surface area (Å²) in [6.45, 7) is 3.69. The lowest BCUT2D eigenvalue weighted by atomic mass is 10.1. The van der Waals surface area contributed by atoms with Crippen LogP contribution in [0.1, 0.15) is 11.1 Å². The van der Waals surface area contributed by atoms with Gasteiger partial charge in [-0.25, -0.2) is 13.2 Å². The molecule has 0 amide bonds. The highest BCUT2D eigenvalue weighted by Crippen LogP contribution is 2.29. The monoisotopic (exact) mass is 347 g/mol. The Morgan fingerprint density at radius 2 is 1.71 bits per heavy atom. The lowest BCUT2D eigenvalue weighted by Gasteiger charge is -2.14. The molecule has 0 saturated heterocycles. The van der Waals surface area contributed by atoms with Crippen molar-refractivity contribution in [2.75, 3.05) is 11.8 Å². The fourth-order valence-electron chi connectivity index (χ4n) is 2.51. The Morgan fingerprint density at radius 3 is 2.42 bits per heavy atom. The summed E-state index contributed by atoms with van der Waals surface area (Å²) in [5, 5.41) is 0. The third-order valence-corrected chi connectivity index (χ3v) is 5.36. The molecule has 0 fully saturated rings. The van der Waals surface area contributed by atoms with E-state index in [1.165, 1.54) is 12.1 Å². The van der Waals surface area contributed by atoms with Gasteiger partial charge in [-0.3, -0.25) is 4.72 Å². The van der Waals surface area contributed by atoms with E-state index in [9.17, 15) is 13.2 Å². The molecule has 0 unspecified atom stereocenters. The molecule has 0 aliphatic heterocycles. The molecule has 1 aromatic heterocycles. The summed E-state index contributed by atoms with van der Waals surface area (Å²) >= 11 is 0. The number of fused-ring (bicyclic) bond motifs is 1. The Bertz CT molecular complexity index is 1080. The lowest BCUT2D eigenvalue weighted by Crippen LogP contribution is -2.14. The summed E-state index contributed by atoms with van der Waals surface area (Å²) in [6, 6.07) is 7.79. The van der Waals surface area contributed by atoms with Crippen LogP contribution in [0.25, 0.3) is 11.0 Å². The van der Waals surface area contributed by atoms with Gasteiger partial charge in [0.1, 0.15) is 5.75 Å². The van der Waals surface area contributed by atoms with Crippen LogP contribution in [0.3, 0.4) is 0 Å². The zero-order valence-corrected chi connectivity index (χ0v) is 14.2. The van der Waals surface area contributed by atoms with Crippen LogP contribution in [-0.4, -0.2) is 25.5 Å². The number of imidazole rings is 1. The predicted octanol–water partition coefficient (Wildman–Crippen LogP) is 2.28. The molecule has 0 bridgehead atoms. The van der Waals surface area contributed by atoms with Gasteiger partial charge in [0.15, 0.2) is 0 Å². The van der Waals surface area contributed by atoms with Gasteiger partial charge in [-0.2, -0.15) is 0 Å². The molecule has 2 aromatic carbocycles. The molecule has 0 spiro atoms. The molecule has 0 atom stereocenters. The van der Waals surface area contributed by atoms with Crippen LogP contribution >= 0.6 is 0 Å². The van der Waals surface area contributed by atoms with Gasteiger partial charge in [-0.15, -0.1) is 0 Å². The first kappa shape index (κ1) is 16.1. The smallest absolute Gasteiger partial charge is 0.323 e. The summed E-state index contributed by atoms with van der Waals surface area (Å²) < 4.78 is 33.1. The number of hydrogen-bond donors (Lipinski definition) is 3. The summed E-state index contributed by atoms with van der Waals surface area (Å²) in [6.07, 6.45) is 0. The second-order valence-corrected chi connectivity index (χ2v) is 7.14. The Balaban J connectivity index is 2.01. The van der Waals surface area contributed by atoms with E-state index in [-0.39, 0.29) is 10.6 Å². The Morgan fingerprint density at radius 1 is 1.00 bits per heavy atom. The average molecular weight is 347 g/mol. The maximum atomic E-state index is 12.6. The van der Waals surface area contributed by atoms with E-state index in [0.29, 0.717) is 22.5 Å². The maximum Gasteiger partial charge on any atom is 0.323 e. The van der Waals surface area contributed by atoms with Crippen LogP contribution in [-0.2, 0) is 10.0 Å². The van der Waals surface area contributed by atoms with Crippen LogP contribution in [0.15, 0.2) is 40.0 Å². The highest BCUT2D eigenvalue weighted by molar-refractivity contribution is 7.92. The number of benzene rings is 2. The van der Waals surface area contributed by atoms with Gasteiger partial charge in [0.25, 0.3) is 10.0 Å². The number of rotatable bonds is 4. The highest BCUT2D eigenvalue weighted by Gasteiger charge is 2.17. The minimum atomic E-state index is -3.78. The van der Waals surface area contributed by atoms with Crippen LogP contribution in [0.2, 0.25) is 0 Å².